The highest BCUT2D eigenvalue weighted by Crippen LogP contribution is 2.61. The van der Waals surface area contributed by atoms with Crippen LogP contribution in [0.15, 0.2) is 42.5 Å². The van der Waals surface area contributed by atoms with E-state index in [0.29, 0.717) is 11.3 Å². The Morgan fingerprint density at radius 2 is 1.47 bits per heavy atom. The van der Waals surface area contributed by atoms with Crippen LogP contribution in [0.4, 0.5) is 4.79 Å². The van der Waals surface area contributed by atoms with Gasteiger partial charge in [0.25, 0.3) is 0 Å². The van der Waals surface area contributed by atoms with Gasteiger partial charge in [-0.1, -0.05) is 57.2 Å². The van der Waals surface area contributed by atoms with E-state index in [4.69, 9.17) is 4.74 Å². The minimum Gasteiger partial charge on any atom is -0.480 e. The van der Waals surface area contributed by atoms with Gasteiger partial charge in [0.05, 0.1) is 0 Å². The SMILES string of the molecule is CC(C)(C)OC(=O)NC(CSCc1ccc(C(=O)c2ccc(C34CC5CC(CC(C5)C3)C4)c(C(C)(C)C)c2)cc1)C(=O)O. The van der Waals surface area contributed by atoms with Gasteiger partial charge in [-0.25, -0.2) is 9.59 Å². The number of alkyl carbamates (subject to hydrolysis) is 1. The zero-order chi connectivity index (χ0) is 31.2. The number of aliphatic carboxylic acids is 1. The second-order valence-corrected chi connectivity index (χ2v) is 16.3. The Kier molecular flexibility index (Phi) is 8.78. The summed E-state index contributed by atoms with van der Waals surface area (Å²) in [4.78, 5) is 37.3. The number of nitrogens with one attached hydrogen (secondary N) is 1. The summed E-state index contributed by atoms with van der Waals surface area (Å²) in [7, 11) is 0. The van der Waals surface area contributed by atoms with Crippen molar-refractivity contribution in [1.82, 2.24) is 5.32 Å². The molecule has 232 valence electrons. The Hall–Kier alpha value is -2.80. The minimum absolute atomic E-state index is 0.0225. The summed E-state index contributed by atoms with van der Waals surface area (Å²) >= 11 is 1.41. The average molecular weight is 606 g/mol. The van der Waals surface area contributed by atoms with Gasteiger partial charge in [0.1, 0.15) is 11.6 Å². The molecule has 0 aliphatic heterocycles. The van der Waals surface area contributed by atoms with E-state index in [-0.39, 0.29) is 22.4 Å². The monoisotopic (exact) mass is 605 g/mol. The Morgan fingerprint density at radius 3 is 1.98 bits per heavy atom. The lowest BCUT2D eigenvalue weighted by atomic mass is 9.47. The van der Waals surface area contributed by atoms with Gasteiger partial charge in [-0.2, -0.15) is 11.8 Å². The lowest BCUT2D eigenvalue weighted by Gasteiger charge is -2.58. The van der Waals surface area contributed by atoms with E-state index in [1.807, 2.05) is 24.3 Å². The van der Waals surface area contributed by atoms with Crippen LogP contribution in [0.25, 0.3) is 0 Å². The number of carboxylic acids is 1. The van der Waals surface area contributed by atoms with E-state index < -0.39 is 23.7 Å². The molecule has 43 heavy (non-hydrogen) atoms. The third-order valence-electron chi connectivity index (χ3n) is 9.46. The maximum atomic E-state index is 13.7. The molecule has 2 aromatic rings. The first-order valence-corrected chi connectivity index (χ1v) is 16.9. The highest BCUT2D eigenvalue weighted by atomic mass is 32.2. The summed E-state index contributed by atoms with van der Waals surface area (Å²) in [5.74, 6) is 2.27. The summed E-state index contributed by atoms with van der Waals surface area (Å²) in [5.41, 5.74) is 4.69. The highest BCUT2D eigenvalue weighted by molar-refractivity contribution is 7.98. The van der Waals surface area contributed by atoms with Crippen molar-refractivity contribution in [2.45, 2.75) is 108 Å². The third kappa shape index (κ3) is 7.30. The molecular weight excluding hydrogens is 558 g/mol. The lowest BCUT2D eigenvalue weighted by Crippen LogP contribution is -2.49. The van der Waals surface area contributed by atoms with Crippen molar-refractivity contribution in [2.75, 3.05) is 5.75 Å². The van der Waals surface area contributed by atoms with Crippen molar-refractivity contribution < 1.29 is 24.2 Å². The van der Waals surface area contributed by atoms with Gasteiger partial charge in [-0.3, -0.25) is 4.79 Å². The molecule has 4 aliphatic rings. The molecule has 1 unspecified atom stereocenters. The van der Waals surface area contributed by atoms with E-state index in [0.717, 1.165) is 28.9 Å². The van der Waals surface area contributed by atoms with E-state index in [2.05, 4.69) is 44.3 Å². The van der Waals surface area contributed by atoms with Crippen LogP contribution in [-0.4, -0.2) is 40.3 Å². The zero-order valence-corrected chi connectivity index (χ0v) is 27.3. The Balaban J connectivity index is 1.25. The molecule has 4 saturated carbocycles. The van der Waals surface area contributed by atoms with E-state index in [1.165, 1.54) is 61.4 Å². The van der Waals surface area contributed by atoms with Crippen LogP contribution < -0.4 is 5.32 Å². The number of carbonyl (C=O) groups excluding carboxylic acids is 2. The van der Waals surface area contributed by atoms with Gasteiger partial charge in [0.15, 0.2) is 5.78 Å². The van der Waals surface area contributed by atoms with Crippen molar-refractivity contribution in [3.63, 3.8) is 0 Å². The molecule has 4 bridgehead atoms. The Labute approximate surface area is 260 Å². The number of ether oxygens (including phenoxy) is 1. The molecule has 0 heterocycles. The predicted molar refractivity (Wildman–Crippen MR) is 172 cm³/mol. The molecule has 4 fully saturated rings. The summed E-state index contributed by atoms with van der Waals surface area (Å²) in [5, 5.41) is 11.9. The summed E-state index contributed by atoms with van der Waals surface area (Å²) in [6.07, 6.45) is 7.41. The normalized spacial score (nSPS) is 25.3. The van der Waals surface area contributed by atoms with Gasteiger partial charge < -0.3 is 15.2 Å². The van der Waals surface area contributed by atoms with Crippen molar-refractivity contribution in [1.29, 1.82) is 0 Å². The maximum Gasteiger partial charge on any atom is 0.408 e. The quantitative estimate of drug-likeness (QED) is 0.282. The molecule has 0 saturated heterocycles. The van der Waals surface area contributed by atoms with Crippen LogP contribution in [0.1, 0.15) is 113 Å². The standard InChI is InChI=1S/C36H47NO5S/c1-34(2,3)29-16-27(11-12-28(29)36-17-23-13-24(18-36)15-25(14-23)19-36)31(38)26-9-7-22(8-10-26)20-43-21-30(32(39)40)37-33(41)42-35(4,5)6/h7-12,16,23-25,30H,13-15,17-21H2,1-6H3,(H,37,41)(H,39,40). The number of rotatable bonds is 9. The molecule has 0 radical (unpaired) electrons. The molecule has 6 nitrogen and oxygen atoms in total. The topological polar surface area (TPSA) is 92.7 Å². The number of thioether (sulfide) groups is 1. The molecular formula is C36H47NO5S. The van der Waals surface area contributed by atoms with Crippen molar-refractivity contribution in [2.24, 2.45) is 17.8 Å². The van der Waals surface area contributed by atoms with E-state index >= 15 is 0 Å². The van der Waals surface area contributed by atoms with Gasteiger partial charge >= 0.3 is 12.1 Å². The van der Waals surface area contributed by atoms with Crippen molar-refractivity contribution in [3.8, 4) is 0 Å². The van der Waals surface area contributed by atoms with Gasteiger partial charge in [-0.05, 0) is 111 Å². The van der Waals surface area contributed by atoms with E-state index in [1.54, 1.807) is 20.8 Å². The van der Waals surface area contributed by atoms with Crippen LogP contribution in [0.3, 0.4) is 0 Å². The summed E-state index contributed by atoms with van der Waals surface area (Å²) in [6.45, 7) is 12.0. The number of ketones is 1. The smallest absolute Gasteiger partial charge is 0.408 e. The average Bonchev–Trinajstić information content (AvgIpc) is 2.90. The van der Waals surface area contributed by atoms with Crippen molar-refractivity contribution >= 4 is 29.6 Å². The van der Waals surface area contributed by atoms with Gasteiger partial charge in [-0.15, -0.1) is 0 Å². The molecule has 2 N–H and O–H groups in total. The first-order valence-electron chi connectivity index (χ1n) is 15.7. The number of carboxylic acid groups (broad SMARTS) is 1. The fourth-order valence-corrected chi connectivity index (χ4v) is 9.05. The first-order chi connectivity index (χ1) is 20.1. The number of amides is 1. The molecule has 6 rings (SSSR count). The van der Waals surface area contributed by atoms with Crippen LogP contribution >= 0.6 is 11.8 Å². The second kappa shape index (κ2) is 11.9. The molecule has 7 heteroatoms. The third-order valence-corrected chi connectivity index (χ3v) is 10.6. The molecule has 0 spiro atoms. The van der Waals surface area contributed by atoms with Crippen LogP contribution in [0.2, 0.25) is 0 Å². The molecule has 1 atom stereocenters. The second-order valence-electron chi connectivity index (χ2n) is 15.3. The van der Waals surface area contributed by atoms with Crippen molar-refractivity contribution in [3.05, 3.63) is 70.3 Å². The zero-order valence-electron chi connectivity index (χ0n) is 26.5. The predicted octanol–water partition coefficient (Wildman–Crippen LogP) is 7.89. The number of hydrogen-bond acceptors (Lipinski definition) is 5. The molecule has 2 aromatic carbocycles. The number of carbonyl (C=O) groups is 3. The van der Waals surface area contributed by atoms with Crippen LogP contribution in [-0.2, 0) is 26.1 Å². The number of benzene rings is 2. The molecule has 4 aliphatic carbocycles. The highest BCUT2D eigenvalue weighted by Gasteiger charge is 2.52. The van der Waals surface area contributed by atoms with Gasteiger partial charge in [0.2, 0.25) is 0 Å². The Morgan fingerprint density at radius 1 is 0.907 bits per heavy atom. The maximum absolute atomic E-state index is 13.7. The first kappa shape index (κ1) is 31.6. The van der Waals surface area contributed by atoms with E-state index in [9.17, 15) is 19.5 Å². The largest absolute Gasteiger partial charge is 0.480 e. The van der Waals surface area contributed by atoms with Crippen LogP contribution in [0, 0.1) is 17.8 Å². The lowest BCUT2D eigenvalue weighted by molar-refractivity contribution is -0.138. The fraction of sp³-hybridized carbons (Fsp3) is 0.583. The fourth-order valence-electron chi connectivity index (χ4n) is 8.05. The summed E-state index contributed by atoms with van der Waals surface area (Å²) in [6, 6.07) is 13.0. The minimum atomic E-state index is -1.11. The summed E-state index contributed by atoms with van der Waals surface area (Å²) < 4.78 is 5.19. The Bertz CT molecular complexity index is 1330. The van der Waals surface area contributed by atoms with Gasteiger partial charge in [0, 0.05) is 22.6 Å². The van der Waals surface area contributed by atoms with Crippen LogP contribution in [0.5, 0.6) is 0 Å². The molecule has 0 aromatic heterocycles. The number of hydrogen-bond donors (Lipinski definition) is 2. The molecule has 1 amide bonds.